The first-order valence-corrected chi connectivity index (χ1v) is 5.02. The van der Waals surface area contributed by atoms with Crippen molar-refractivity contribution < 1.29 is 9.72 Å². The van der Waals surface area contributed by atoms with Crippen LogP contribution in [0.15, 0.2) is 18.5 Å². The number of carbonyl (C=O) groups excluding carboxylic acids is 1. The van der Waals surface area contributed by atoms with Gasteiger partial charge >= 0.3 is 5.69 Å². The molecule has 0 atom stereocenters. The molecule has 2 aromatic rings. The van der Waals surface area contributed by atoms with Gasteiger partial charge in [-0.05, 0) is 6.07 Å². The molecule has 0 aliphatic heterocycles. The molecular weight excluding hydrogens is 240 g/mol. The second-order valence-electron chi connectivity index (χ2n) is 3.56. The van der Waals surface area contributed by atoms with Gasteiger partial charge in [0.15, 0.2) is 0 Å². The van der Waals surface area contributed by atoms with Crippen LogP contribution >= 0.6 is 0 Å². The fourth-order valence-electron chi connectivity index (χ4n) is 1.41. The van der Waals surface area contributed by atoms with E-state index in [0.717, 1.165) is 0 Å². The molecule has 2 rings (SSSR count). The van der Waals surface area contributed by atoms with Crippen LogP contribution in [-0.2, 0) is 13.6 Å². The SMILES string of the molecule is Cn1cc([N+](=O)[O-])c(C(=O)NCc2ccn[nH]2)n1. The Morgan fingerprint density at radius 1 is 1.67 bits per heavy atom. The highest BCUT2D eigenvalue weighted by molar-refractivity contribution is 5.95. The molecule has 1 amide bonds. The number of hydrogen-bond donors (Lipinski definition) is 2. The standard InChI is InChI=1S/C9H10N6O3/c1-14-5-7(15(17)18)8(13-14)9(16)10-4-6-2-3-11-12-6/h2-3,5H,4H2,1H3,(H,10,16)(H,11,12). The summed E-state index contributed by atoms with van der Waals surface area (Å²) >= 11 is 0. The summed E-state index contributed by atoms with van der Waals surface area (Å²) in [7, 11) is 1.51. The van der Waals surface area contributed by atoms with Crippen LogP contribution in [0.5, 0.6) is 0 Å². The molecule has 9 nitrogen and oxygen atoms in total. The Morgan fingerprint density at radius 2 is 2.44 bits per heavy atom. The van der Waals surface area contributed by atoms with Crippen molar-refractivity contribution in [1.29, 1.82) is 0 Å². The van der Waals surface area contributed by atoms with Gasteiger partial charge in [-0.1, -0.05) is 0 Å². The first kappa shape index (κ1) is 11.8. The van der Waals surface area contributed by atoms with E-state index in [9.17, 15) is 14.9 Å². The molecule has 94 valence electrons. The normalized spacial score (nSPS) is 10.3. The van der Waals surface area contributed by atoms with Crippen molar-refractivity contribution in [3.05, 3.63) is 40.0 Å². The number of aromatic nitrogens is 4. The molecule has 0 bridgehead atoms. The number of nitrogens with one attached hydrogen (secondary N) is 2. The fraction of sp³-hybridized carbons (Fsp3) is 0.222. The average molecular weight is 250 g/mol. The fourth-order valence-corrected chi connectivity index (χ4v) is 1.41. The molecule has 0 spiro atoms. The van der Waals surface area contributed by atoms with E-state index in [1.54, 1.807) is 12.3 Å². The molecule has 9 heteroatoms. The van der Waals surface area contributed by atoms with Crippen molar-refractivity contribution >= 4 is 11.6 Å². The van der Waals surface area contributed by atoms with Gasteiger partial charge in [-0.15, -0.1) is 0 Å². The maximum atomic E-state index is 11.8. The van der Waals surface area contributed by atoms with E-state index in [1.807, 2.05) is 0 Å². The minimum absolute atomic E-state index is 0.201. The first-order chi connectivity index (χ1) is 8.58. The Kier molecular flexibility index (Phi) is 3.04. The Bertz CT molecular complexity index is 573. The third kappa shape index (κ3) is 2.34. The Hall–Kier alpha value is -2.71. The molecular formula is C9H10N6O3. The van der Waals surface area contributed by atoms with Crippen LogP contribution in [0.2, 0.25) is 0 Å². The minimum atomic E-state index is -0.641. The summed E-state index contributed by atoms with van der Waals surface area (Å²) in [5.74, 6) is -0.600. The Morgan fingerprint density at radius 3 is 3.06 bits per heavy atom. The third-order valence-electron chi connectivity index (χ3n) is 2.22. The molecule has 0 aliphatic carbocycles. The van der Waals surface area contributed by atoms with Crippen LogP contribution in [0.3, 0.4) is 0 Å². The number of carbonyl (C=O) groups is 1. The average Bonchev–Trinajstić information content (AvgIpc) is 2.94. The lowest BCUT2D eigenvalue weighted by molar-refractivity contribution is -0.385. The van der Waals surface area contributed by atoms with Crippen molar-refractivity contribution in [1.82, 2.24) is 25.3 Å². The Labute approximate surface area is 101 Å². The van der Waals surface area contributed by atoms with Gasteiger partial charge in [0, 0.05) is 13.2 Å². The summed E-state index contributed by atoms with van der Waals surface area (Å²) in [6.45, 7) is 0.201. The van der Waals surface area contributed by atoms with E-state index >= 15 is 0 Å². The topological polar surface area (TPSA) is 119 Å². The van der Waals surface area contributed by atoms with Crippen molar-refractivity contribution in [2.45, 2.75) is 6.54 Å². The third-order valence-corrected chi connectivity index (χ3v) is 2.22. The van der Waals surface area contributed by atoms with Crippen LogP contribution in [0.25, 0.3) is 0 Å². The second kappa shape index (κ2) is 4.65. The maximum absolute atomic E-state index is 11.8. The molecule has 0 unspecified atom stereocenters. The minimum Gasteiger partial charge on any atom is -0.345 e. The van der Waals surface area contributed by atoms with Gasteiger partial charge in [-0.25, -0.2) is 0 Å². The van der Waals surface area contributed by atoms with Crippen LogP contribution in [0, 0.1) is 10.1 Å². The van der Waals surface area contributed by atoms with E-state index in [4.69, 9.17) is 0 Å². The summed E-state index contributed by atoms with van der Waals surface area (Å²) in [5, 5.41) is 23.4. The van der Waals surface area contributed by atoms with E-state index < -0.39 is 10.8 Å². The van der Waals surface area contributed by atoms with Crippen molar-refractivity contribution in [2.24, 2.45) is 7.05 Å². The van der Waals surface area contributed by atoms with Gasteiger partial charge in [0.2, 0.25) is 5.69 Å². The van der Waals surface area contributed by atoms with Gasteiger partial charge in [-0.2, -0.15) is 10.2 Å². The van der Waals surface area contributed by atoms with Gasteiger partial charge < -0.3 is 5.32 Å². The van der Waals surface area contributed by atoms with Gasteiger partial charge in [0.05, 0.1) is 17.2 Å². The van der Waals surface area contributed by atoms with E-state index in [-0.39, 0.29) is 17.9 Å². The summed E-state index contributed by atoms with van der Waals surface area (Å²) in [4.78, 5) is 21.8. The highest BCUT2D eigenvalue weighted by Gasteiger charge is 2.24. The molecule has 0 saturated heterocycles. The zero-order valence-corrected chi connectivity index (χ0v) is 9.45. The number of rotatable bonds is 4. The molecule has 0 aromatic carbocycles. The number of nitro groups is 1. The number of aryl methyl sites for hydroxylation is 1. The second-order valence-corrected chi connectivity index (χ2v) is 3.56. The summed E-state index contributed by atoms with van der Waals surface area (Å²) in [6.07, 6.45) is 2.73. The van der Waals surface area contributed by atoms with Gasteiger partial charge in [0.25, 0.3) is 5.91 Å². The zero-order chi connectivity index (χ0) is 13.1. The van der Waals surface area contributed by atoms with Crippen LogP contribution < -0.4 is 5.32 Å². The lowest BCUT2D eigenvalue weighted by atomic mass is 10.3. The number of hydrogen-bond acceptors (Lipinski definition) is 5. The molecule has 2 aromatic heterocycles. The predicted molar refractivity (Wildman–Crippen MR) is 59.6 cm³/mol. The summed E-state index contributed by atoms with van der Waals surface area (Å²) < 4.78 is 1.23. The van der Waals surface area contributed by atoms with Crippen molar-refractivity contribution in [3.63, 3.8) is 0 Å². The van der Waals surface area contributed by atoms with Gasteiger partial charge in [-0.3, -0.25) is 24.7 Å². The van der Waals surface area contributed by atoms with E-state index in [0.29, 0.717) is 5.69 Å². The lowest BCUT2D eigenvalue weighted by Crippen LogP contribution is -2.24. The molecule has 2 N–H and O–H groups in total. The smallest absolute Gasteiger partial charge is 0.320 e. The van der Waals surface area contributed by atoms with E-state index in [1.165, 1.54) is 17.9 Å². The Balaban J connectivity index is 2.11. The van der Waals surface area contributed by atoms with E-state index in [2.05, 4.69) is 20.6 Å². The molecule has 0 fully saturated rings. The van der Waals surface area contributed by atoms with Crippen molar-refractivity contribution in [2.75, 3.05) is 0 Å². The van der Waals surface area contributed by atoms with Crippen LogP contribution in [-0.4, -0.2) is 30.8 Å². The molecule has 2 heterocycles. The highest BCUT2D eigenvalue weighted by Crippen LogP contribution is 2.15. The van der Waals surface area contributed by atoms with Crippen molar-refractivity contribution in [3.8, 4) is 0 Å². The van der Waals surface area contributed by atoms with Crippen LogP contribution in [0.4, 0.5) is 5.69 Å². The largest absolute Gasteiger partial charge is 0.345 e. The first-order valence-electron chi connectivity index (χ1n) is 5.02. The molecule has 0 radical (unpaired) electrons. The van der Waals surface area contributed by atoms with Gasteiger partial charge in [0.1, 0.15) is 6.20 Å². The van der Waals surface area contributed by atoms with Crippen LogP contribution in [0.1, 0.15) is 16.2 Å². The summed E-state index contributed by atoms with van der Waals surface area (Å²) in [6, 6.07) is 1.69. The quantitative estimate of drug-likeness (QED) is 0.583. The molecule has 0 aliphatic rings. The maximum Gasteiger partial charge on any atom is 0.320 e. The molecule has 18 heavy (non-hydrogen) atoms. The number of nitrogens with zero attached hydrogens (tertiary/aromatic N) is 4. The highest BCUT2D eigenvalue weighted by atomic mass is 16.6. The lowest BCUT2D eigenvalue weighted by Gasteiger charge is -2.00. The number of H-pyrrole nitrogens is 1. The molecule has 0 saturated carbocycles. The predicted octanol–water partition coefficient (Wildman–Crippen LogP) is -0.0186. The number of amides is 1. The summed E-state index contributed by atoms with van der Waals surface area (Å²) in [5.41, 5.74) is 0.170. The number of aromatic amines is 1. The zero-order valence-electron chi connectivity index (χ0n) is 9.45. The monoisotopic (exact) mass is 250 g/mol.